The highest BCUT2D eigenvalue weighted by atomic mass is 32.1. The van der Waals surface area contributed by atoms with Crippen molar-refractivity contribution in [2.45, 2.75) is 19.9 Å². The van der Waals surface area contributed by atoms with Gasteiger partial charge >= 0.3 is 0 Å². The minimum atomic E-state index is 0.152. The molecular weight excluding hydrogens is 208 g/mol. The summed E-state index contributed by atoms with van der Waals surface area (Å²) < 4.78 is 0. The molecule has 2 rings (SSSR count). The van der Waals surface area contributed by atoms with E-state index < -0.39 is 0 Å². The minimum absolute atomic E-state index is 0.152. The molecular formula is C10H14N4S. The van der Waals surface area contributed by atoms with Crippen LogP contribution in [0.2, 0.25) is 0 Å². The van der Waals surface area contributed by atoms with E-state index in [0.29, 0.717) is 0 Å². The first-order valence-electron chi connectivity index (χ1n) is 4.95. The molecule has 0 saturated carbocycles. The molecule has 0 aliphatic rings. The van der Waals surface area contributed by atoms with Gasteiger partial charge in [0.15, 0.2) is 0 Å². The van der Waals surface area contributed by atoms with Crippen LogP contribution in [-0.4, -0.2) is 22.0 Å². The average molecular weight is 222 g/mol. The minimum Gasteiger partial charge on any atom is -0.305 e. The number of aromatic amines is 1. The molecule has 0 fully saturated rings. The summed E-state index contributed by atoms with van der Waals surface area (Å²) in [5.74, 6) is 0. The van der Waals surface area contributed by atoms with Crippen molar-refractivity contribution >= 4 is 11.3 Å². The number of nitrogens with one attached hydrogen (secondary N) is 2. The van der Waals surface area contributed by atoms with Gasteiger partial charge in [-0.1, -0.05) is 6.92 Å². The van der Waals surface area contributed by atoms with Gasteiger partial charge in [0.2, 0.25) is 0 Å². The van der Waals surface area contributed by atoms with Crippen molar-refractivity contribution in [1.82, 2.24) is 20.7 Å². The van der Waals surface area contributed by atoms with Gasteiger partial charge in [-0.05, 0) is 30.5 Å². The lowest BCUT2D eigenvalue weighted by atomic mass is 10.1. The molecule has 4 nitrogen and oxygen atoms in total. The molecule has 2 N–H and O–H groups in total. The van der Waals surface area contributed by atoms with Crippen molar-refractivity contribution in [3.8, 4) is 0 Å². The van der Waals surface area contributed by atoms with Crippen LogP contribution in [0.15, 0.2) is 17.6 Å². The molecule has 15 heavy (non-hydrogen) atoms. The van der Waals surface area contributed by atoms with E-state index in [1.54, 1.807) is 17.5 Å². The third kappa shape index (κ3) is 2.24. The van der Waals surface area contributed by atoms with Crippen molar-refractivity contribution in [3.63, 3.8) is 0 Å². The molecule has 0 amide bonds. The maximum absolute atomic E-state index is 4.13. The second-order valence-corrected chi connectivity index (χ2v) is 4.49. The summed E-state index contributed by atoms with van der Waals surface area (Å²) in [5, 5.41) is 16.2. The lowest BCUT2D eigenvalue weighted by molar-refractivity contribution is 0.615. The van der Waals surface area contributed by atoms with Crippen LogP contribution in [0.5, 0.6) is 0 Å². The normalized spacial score (nSPS) is 12.9. The lowest BCUT2D eigenvalue weighted by Crippen LogP contribution is -2.21. The molecule has 2 aromatic heterocycles. The zero-order valence-electron chi connectivity index (χ0n) is 8.82. The Morgan fingerprint density at radius 1 is 1.60 bits per heavy atom. The van der Waals surface area contributed by atoms with Crippen LogP contribution in [0.25, 0.3) is 0 Å². The summed E-state index contributed by atoms with van der Waals surface area (Å²) in [4.78, 5) is 1.32. The molecule has 2 aromatic rings. The Labute approximate surface area is 92.7 Å². The fraction of sp³-hybridized carbons (Fsp3) is 0.400. The first kappa shape index (κ1) is 10.3. The van der Waals surface area contributed by atoms with E-state index in [9.17, 15) is 0 Å². The highest BCUT2D eigenvalue weighted by Gasteiger charge is 2.16. The van der Waals surface area contributed by atoms with E-state index in [2.05, 4.69) is 46.0 Å². The predicted octanol–water partition coefficient (Wildman–Crippen LogP) is 1.87. The Hall–Kier alpha value is -1.20. The molecule has 80 valence electrons. The zero-order valence-corrected chi connectivity index (χ0v) is 9.64. The van der Waals surface area contributed by atoms with Crippen molar-refractivity contribution in [3.05, 3.63) is 33.8 Å². The van der Waals surface area contributed by atoms with Crippen LogP contribution in [-0.2, 0) is 0 Å². The van der Waals surface area contributed by atoms with E-state index in [4.69, 9.17) is 0 Å². The number of nitrogens with zero attached hydrogens (tertiary/aromatic N) is 2. The van der Waals surface area contributed by atoms with E-state index in [1.165, 1.54) is 10.4 Å². The standard InChI is InChI=1S/C10H14N4S/c1-3-11-10(9-5-12-14-13-9)8-4-7(2)15-6-8/h4-6,10-11H,3H2,1-2H3,(H,12,13,14). The van der Waals surface area contributed by atoms with E-state index in [-0.39, 0.29) is 6.04 Å². The second-order valence-electron chi connectivity index (χ2n) is 3.38. The Balaban J connectivity index is 2.27. The Morgan fingerprint density at radius 2 is 2.47 bits per heavy atom. The van der Waals surface area contributed by atoms with Crippen LogP contribution < -0.4 is 5.32 Å². The molecule has 0 saturated heterocycles. The number of thiophene rings is 1. The first-order chi connectivity index (χ1) is 7.31. The maximum atomic E-state index is 4.13. The van der Waals surface area contributed by atoms with Crippen LogP contribution >= 0.6 is 11.3 Å². The molecule has 0 aromatic carbocycles. The van der Waals surface area contributed by atoms with Crippen molar-refractivity contribution in [2.24, 2.45) is 0 Å². The average Bonchev–Trinajstić information content (AvgIpc) is 2.85. The van der Waals surface area contributed by atoms with Gasteiger partial charge < -0.3 is 5.32 Å². The number of hydrogen-bond acceptors (Lipinski definition) is 4. The van der Waals surface area contributed by atoms with Crippen LogP contribution in [0.3, 0.4) is 0 Å². The monoisotopic (exact) mass is 222 g/mol. The van der Waals surface area contributed by atoms with Gasteiger partial charge in [-0.25, -0.2) is 0 Å². The summed E-state index contributed by atoms with van der Waals surface area (Å²) in [7, 11) is 0. The fourth-order valence-electron chi connectivity index (χ4n) is 1.56. The summed E-state index contributed by atoms with van der Waals surface area (Å²) in [6, 6.07) is 2.34. The second kappa shape index (κ2) is 4.55. The number of aryl methyl sites for hydroxylation is 1. The smallest absolute Gasteiger partial charge is 0.104 e. The maximum Gasteiger partial charge on any atom is 0.104 e. The van der Waals surface area contributed by atoms with Crippen molar-refractivity contribution < 1.29 is 0 Å². The third-order valence-corrected chi connectivity index (χ3v) is 3.10. The number of aromatic nitrogens is 3. The SMILES string of the molecule is CCNC(c1csc(C)c1)c1cn[nH]n1. The van der Waals surface area contributed by atoms with Gasteiger partial charge in [0.1, 0.15) is 5.69 Å². The van der Waals surface area contributed by atoms with Crippen molar-refractivity contribution in [2.75, 3.05) is 6.54 Å². The molecule has 0 radical (unpaired) electrons. The van der Waals surface area contributed by atoms with E-state index in [1.807, 2.05) is 0 Å². The largest absolute Gasteiger partial charge is 0.305 e. The highest BCUT2D eigenvalue weighted by Crippen LogP contribution is 2.24. The van der Waals surface area contributed by atoms with Gasteiger partial charge in [0.25, 0.3) is 0 Å². The summed E-state index contributed by atoms with van der Waals surface area (Å²) in [6.45, 7) is 5.11. The molecule has 0 spiro atoms. The molecule has 1 unspecified atom stereocenters. The van der Waals surface area contributed by atoms with Gasteiger partial charge in [-0.15, -0.1) is 11.3 Å². The highest BCUT2D eigenvalue weighted by molar-refractivity contribution is 7.10. The van der Waals surface area contributed by atoms with Gasteiger partial charge in [0, 0.05) is 4.88 Å². The van der Waals surface area contributed by atoms with Crippen LogP contribution in [0.1, 0.15) is 29.1 Å². The fourth-order valence-corrected chi connectivity index (χ4v) is 2.29. The predicted molar refractivity (Wildman–Crippen MR) is 61.0 cm³/mol. The Kier molecular flexibility index (Phi) is 3.13. The quantitative estimate of drug-likeness (QED) is 0.830. The lowest BCUT2D eigenvalue weighted by Gasteiger charge is -2.13. The van der Waals surface area contributed by atoms with Crippen LogP contribution in [0, 0.1) is 6.92 Å². The molecule has 1 atom stereocenters. The molecule has 0 aliphatic heterocycles. The first-order valence-corrected chi connectivity index (χ1v) is 5.83. The summed E-state index contributed by atoms with van der Waals surface area (Å²) >= 11 is 1.76. The van der Waals surface area contributed by atoms with Gasteiger partial charge in [-0.3, -0.25) is 0 Å². The molecule has 0 aliphatic carbocycles. The number of rotatable bonds is 4. The Bertz CT molecular complexity index is 407. The third-order valence-electron chi connectivity index (χ3n) is 2.22. The Morgan fingerprint density at radius 3 is 3.00 bits per heavy atom. The summed E-state index contributed by atoms with van der Waals surface area (Å²) in [6.07, 6.45) is 1.76. The molecule has 5 heteroatoms. The topological polar surface area (TPSA) is 53.6 Å². The van der Waals surface area contributed by atoms with Crippen molar-refractivity contribution in [1.29, 1.82) is 0 Å². The summed E-state index contributed by atoms with van der Waals surface area (Å²) in [5.41, 5.74) is 2.20. The molecule has 2 heterocycles. The van der Waals surface area contributed by atoms with E-state index in [0.717, 1.165) is 12.2 Å². The van der Waals surface area contributed by atoms with Crippen LogP contribution in [0.4, 0.5) is 0 Å². The molecule has 0 bridgehead atoms. The van der Waals surface area contributed by atoms with E-state index >= 15 is 0 Å². The zero-order chi connectivity index (χ0) is 10.7. The number of hydrogen-bond donors (Lipinski definition) is 2. The number of H-pyrrole nitrogens is 1. The van der Waals surface area contributed by atoms with Gasteiger partial charge in [0.05, 0.1) is 12.2 Å². The van der Waals surface area contributed by atoms with Gasteiger partial charge in [-0.2, -0.15) is 15.4 Å².